The summed E-state index contributed by atoms with van der Waals surface area (Å²) in [7, 11) is 3.21. The number of hydrazone groups is 1. The van der Waals surface area contributed by atoms with Crippen molar-refractivity contribution in [3.63, 3.8) is 0 Å². The number of hydrogen-bond acceptors (Lipinski definition) is 5. The van der Waals surface area contributed by atoms with E-state index in [1.54, 1.807) is 32.6 Å². The van der Waals surface area contributed by atoms with E-state index in [0.717, 1.165) is 16.7 Å². The summed E-state index contributed by atoms with van der Waals surface area (Å²) < 4.78 is 29.4. The number of benzene rings is 3. The van der Waals surface area contributed by atoms with E-state index in [1.807, 2.05) is 42.5 Å². The number of methoxy groups -OCH3 is 2. The number of hydrogen-bond donors (Lipinski definition) is 1. The van der Waals surface area contributed by atoms with Crippen LogP contribution in [0.25, 0.3) is 0 Å². The summed E-state index contributed by atoms with van der Waals surface area (Å²) in [5.41, 5.74) is 5.77. The molecular weight excluding hydrogens is 371 g/mol. The molecule has 3 aromatic rings. The van der Waals surface area contributed by atoms with Crippen molar-refractivity contribution < 1.29 is 18.6 Å². The second-order valence-corrected chi connectivity index (χ2v) is 6.24. The molecule has 0 unspecified atom stereocenters. The van der Waals surface area contributed by atoms with Crippen LogP contribution in [-0.4, -0.2) is 20.4 Å². The van der Waals surface area contributed by atoms with Gasteiger partial charge < -0.3 is 19.6 Å². The number of halogens is 1. The van der Waals surface area contributed by atoms with Crippen LogP contribution in [0.15, 0.2) is 71.8 Å². The fraction of sp³-hybridized carbons (Fsp3) is 0.174. The van der Waals surface area contributed by atoms with Gasteiger partial charge in [0, 0.05) is 5.56 Å². The third kappa shape index (κ3) is 5.72. The van der Waals surface area contributed by atoms with E-state index in [2.05, 4.69) is 10.5 Å². The van der Waals surface area contributed by atoms with Gasteiger partial charge in [0.2, 0.25) is 0 Å². The Morgan fingerprint density at radius 3 is 2.34 bits per heavy atom. The van der Waals surface area contributed by atoms with E-state index >= 15 is 0 Å². The molecule has 6 heteroatoms. The molecule has 1 N–H and O–H groups in total. The van der Waals surface area contributed by atoms with Gasteiger partial charge >= 0.3 is 0 Å². The molecule has 0 heterocycles. The van der Waals surface area contributed by atoms with Crippen LogP contribution in [0.1, 0.15) is 16.7 Å². The Morgan fingerprint density at radius 1 is 0.862 bits per heavy atom. The summed E-state index contributed by atoms with van der Waals surface area (Å²) in [5.74, 6) is 1.80. The highest BCUT2D eigenvalue weighted by molar-refractivity contribution is 5.83. The molecule has 29 heavy (non-hydrogen) atoms. The second-order valence-electron chi connectivity index (χ2n) is 6.24. The van der Waals surface area contributed by atoms with Crippen LogP contribution < -0.4 is 19.6 Å². The lowest BCUT2D eigenvalue weighted by Crippen LogP contribution is -2.06. The predicted octanol–water partition coefficient (Wildman–Crippen LogP) is 4.55. The summed E-state index contributed by atoms with van der Waals surface area (Å²) in [6.45, 7) is 0.889. The van der Waals surface area contributed by atoms with E-state index in [4.69, 9.17) is 14.2 Å². The quantitative estimate of drug-likeness (QED) is 0.427. The minimum atomic E-state index is -0.262. The summed E-state index contributed by atoms with van der Waals surface area (Å²) >= 11 is 0. The number of para-hydroxylation sites is 1. The standard InChI is InChI=1S/C23H23FN2O3/c1-27-22-12-9-18(13-23(22)28-2)14-25-26-15-19-5-3-4-6-21(19)29-16-17-7-10-20(24)11-8-17/h3-13,15,25H,14,16H2,1-2H3/b26-15+. The maximum absolute atomic E-state index is 13.0. The molecule has 0 aliphatic heterocycles. The lowest BCUT2D eigenvalue weighted by atomic mass is 10.2. The molecule has 0 aliphatic rings. The molecule has 0 amide bonds. The summed E-state index contributed by atoms with van der Waals surface area (Å²) in [6, 6.07) is 19.6. The fourth-order valence-electron chi connectivity index (χ4n) is 2.70. The Hall–Kier alpha value is -3.54. The van der Waals surface area contributed by atoms with Gasteiger partial charge in [-0.2, -0.15) is 5.10 Å². The molecule has 0 fully saturated rings. The van der Waals surface area contributed by atoms with Crippen LogP contribution in [0.3, 0.4) is 0 Å². The smallest absolute Gasteiger partial charge is 0.161 e. The Morgan fingerprint density at radius 2 is 1.59 bits per heavy atom. The van der Waals surface area contributed by atoms with Gasteiger partial charge in [-0.3, -0.25) is 0 Å². The molecular formula is C23H23FN2O3. The molecule has 0 aromatic heterocycles. The van der Waals surface area contributed by atoms with Crippen LogP contribution >= 0.6 is 0 Å². The van der Waals surface area contributed by atoms with E-state index in [1.165, 1.54) is 12.1 Å². The highest BCUT2D eigenvalue weighted by Gasteiger charge is 2.04. The molecule has 3 aromatic carbocycles. The zero-order valence-electron chi connectivity index (χ0n) is 16.4. The molecule has 150 valence electrons. The minimum Gasteiger partial charge on any atom is -0.493 e. The van der Waals surface area contributed by atoms with Gasteiger partial charge in [-0.15, -0.1) is 0 Å². The normalized spacial score (nSPS) is 10.7. The van der Waals surface area contributed by atoms with E-state index in [9.17, 15) is 4.39 Å². The molecule has 0 spiro atoms. The van der Waals surface area contributed by atoms with Crippen molar-refractivity contribution in [2.24, 2.45) is 5.10 Å². The minimum absolute atomic E-state index is 0.262. The third-order valence-electron chi connectivity index (χ3n) is 4.25. The fourth-order valence-corrected chi connectivity index (χ4v) is 2.70. The van der Waals surface area contributed by atoms with Crippen LogP contribution in [-0.2, 0) is 13.2 Å². The van der Waals surface area contributed by atoms with E-state index in [-0.39, 0.29) is 5.82 Å². The molecule has 5 nitrogen and oxygen atoms in total. The molecule has 0 saturated heterocycles. The highest BCUT2D eigenvalue weighted by Crippen LogP contribution is 2.27. The summed E-state index contributed by atoms with van der Waals surface area (Å²) in [5, 5.41) is 4.29. The zero-order valence-corrected chi connectivity index (χ0v) is 16.4. The monoisotopic (exact) mass is 394 g/mol. The summed E-state index contributed by atoms with van der Waals surface area (Å²) in [4.78, 5) is 0. The second kappa shape index (κ2) is 10.1. The maximum atomic E-state index is 13.0. The van der Waals surface area contributed by atoms with Gasteiger partial charge in [-0.05, 0) is 47.5 Å². The third-order valence-corrected chi connectivity index (χ3v) is 4.25. The number of nitrogens with zero attached hydrogens (tertiary/aromatic N) is 1. The van der Waals surface area contributed by atoms with Gasteiger partial charge in [0.1, 0.15) is 18.2 Å². The number of nitrogens with one attached hydrogen (secondary N) is 1. The van der Waals surface area contributed by atoms with Crippen molar-refractivity contribution in [3.05, 3.63) is 89.2 Å². The number of rotatable bonds is 9. The van der Waals surface area contributed by atoms with Crippen molar-refractivity contribution >= 4 is 6.21 Å². The molecule has 0 radical (unpaired) electrons. The topological polar surface area (TPSA) is 52.1 Å². The Labute approximate surface area is 169 Å². The molecule has 3 rings (SSSR count). The van der Waals surface area contributed by atoms with Crippen LogP contribution in [0.2, 0.25) is 0 Å². The Balaban J connectivity index is 1.58. The average Bonchev–Trinajstić information content (AvgIpc) is 2.76. The first-order valence-corrected chi connectivity index (χ1v) is 9.12. The van der Waals surface area contributed by atoms with Crippen molar-refractivity contribution in [2.75, 3.05) is 14.2 Å². The van der Waals surface area contributed by atoms with Crippen molar-refractivity contribution in [1.29, 1.82) is 0 Å². The maximum Gasteiger partial charge on any atom is 0.161 e. The van der Waals surface area contributed by atoms with Crippen LogP contribution in [0.5, 0.6) is 17.2 Å². The van der Waals surface area contributed by atoms with Gasteiger partial charge in [0.15, 0.2) is 11.5 Å². The number of ether oxygens (including phenoxy) is 3. The van der Waals surface area contributed by atoms with Gasteiger partial charge in [0.25, 0.3) is 0 Å². The van der Waals surface area contributed by atoms with Gasteiger partial charge in [-0.1, -0.05) is 30.3 Å². The molecule has 0 atom stereocenters. The molecule has 0 saturated carbocycles. The van der Waals surface area contributed by atoms with Crippen molar-refractivity contribution in [3.8, 4) is 17.2 Å². The lowest BCUT2D eigenvalue weighted by Gasteiger charge is -2.10. The predicted molar refractivity (Wildman–Crippen MR) is 111 cm³/mol. The molecule has 0 bridgehead atoms. The van der Waals surface area contributed by atoms with Gasteiger partial charge in [-0.25, -0.2) is 4.39 Å². The highest BCUT2D eigenvalue weighted by atomic mass is 19.1. The first-order chi connectivity index (χ1) is 14.2. The average molecular weight is 394 g/mol. The Bertz CT molecular complexity index is 959. The van der Waals surface area contributed by atoms with E-state index in [0.29, 0.717) is 30.4 Å². The SMILES string of the molecule is COc1ccc(CN/N=C/c2ccccc2OCc2ccc(F)cc2)cc1OC. The lowest BCUT2D eigenvalue weighted by molar-refractivity contribution is 0.305. The first-order valence-electron chi connectivity index (χ1n) is 9.12. The van der Waals surface area contributed by atoms with Crippen LogP contribution in [0, 0.1) is 5.82 Å². The largest absolute Gasteiger partial charge is 0.493 e. The summed E-state index contributed by atoms with van der Waals surface area (Å²) in [6.07, 6.45) is 1.71. The molecule has 0 aliphatic carbocycles. The van der Waals surface area contributed by atoms with E-state index < -0.39 is 0 Å². The van der Waals surface area contributed by atoms with Crippen LogP contribution in [0.4, 0.5) is 4.39 Å². The van der Waals surface area contributed by atoms with Crippen molar-refractivity contribution in [2.45, 2.75) is 13.2 Å². The first kappa shape index (κ1) is 20.2. The van der Waals surface area contributed by atoms with Gasteiger partial charge in [0.05, 0.1) is 27.0 Å². The van der Waals surface area contributed by atoms with Crippen molar-refractivity contribution in [1.82, 2.24) is 5.43 Å². The zero-order chi connectivity index (χ0) is 20.5. The Kier molecular flexibility index (Phi) is 7.05.